The van der Waals surface area contributed by atoms with E-state index in [1.54, 1.807) is 17.8 Å². The standard InChI is InChI=1S/C12H19NO3S/c1-12(2)7-8(12)10(14)13-9(11(15)16)5-4-6-17-3/h5,8H,4,6-7H2,1-3H3,(H,13,14)(H,15,16)/b9-5-. The fraction of sp³-hybridized carbons (Fsp3) is 0.667. The number of nitrogens with one attached hydrogen (secondary N) is 1. The van der Waals surface area contributed by atoms with Gasteiger partial charge < -0.3 is 10.4 Å². The number of amides is 1. The van der Waals surface area contributed by atoms with Crippen LogP contribution in [0.4, 0.5) is 0 Å². The minimum absolute atomic E-state index is 0.00625. The van der Waals surface area contributed by atoms with E-state index in [1.165, 1.54) is 0 Å². The molecule has 0 bridgehead atoms. The van der Waals surface area contributed by atoms with E-state index in [9.17, 15) is 9.59 Å². The maximum Gasteiger partial charge on any atom is 0.352 e. The van der Waals surface area contributed by atoms with Crippen LogP contribution in [0.1, 0.15) is 26.7 Å². The van der Waals surface area contributed by atoms with E-state index in [-0.39, 0.29) is 22.9 Å². The van der Waals surface area contributed by atoms with Crippen LogP contribution in [0.5, 0.6) is 0 Å². The molecule has 0 aromatic carbocycles. The van der Waals surface area contributed by atoms with Crippen LogP contribution >= 0.6 is 11.8 Å². The van der Waals surface area contributed by atoms with Gasteiger partial charge in [0.1, 0.15) is 5.70 Å². The van der Waals surface area contributed by atoms with E-state index < -0.39 is 5.97 Å². The molecule has 17 heavy (non-hydrogen) atoms. The number of carbonyl (C=O) groups is 2. The molecule has 0 aromatic rings. The molecule has 1 aliphatic carbocycles. The number of hydrogen-bond acceptors (Lipinski definition) is 3. The van der Waals surface area contributed by atoms with Crippen LogP contribution in [0.3, 0.4) is 0 Å². The first-order valence-corrected chi connectivity index (χ1v) is 7.01. The Kier molecular flexibility index (Phi) is 4.62. The Bertz CT molecular complexity index is 350. The first kappa shape index (κ1) is 14.1. The lowest BCUT2D eigenvalue weighted by atomic mass is 10.1. The maximum atomic E-state index is 11.7. The van der Waals surface area contributed by atoms with E-state index in [0.717, 1.165) is 12.2 Å². The second-order valence-electron chi connectivity index (χ2n) is 4.94. The number of aliphatic carboxylic acids is 1. The molecule has 1 rings (SSSR count). The number of thioether (sulfide) groups is 1. The molecule has 4 nitrogen and oxygen atoms in total. The summed E-state index contributed by atoms with van der Waals surface area (Å²) in [4.78, 5) is 22.7. The highest BCUT2D eigenvalue weighted by atomic mass is 32.2. The van der Waals surface area contributed by atoms with Crippen molar-refractivity contribution in [3.8, 4) is 0 Å². The molecule has 1 aliphatic rings. The Hall–Kier alpha value is -0.970. The van der Waals surface area contributed by atoms with Gasteiger partial charge in [-0.2, -0.15) is 11.8 Å². The third-order valence-corrected chi connectivity index (χ3v) is 3.63. The normalized spacial score (nSPS) is 22.1. The van der Waals surface area contributed by atoms with Crippen molar-refractivity contribution in [3.63, 3.8) is 0 Å². The van der Waals surface area contributed by atoms with Crippen molar-refractivity contribution in [2.45, 2.75) is 26.7 Å². The Labute approximate surface area is 106 Å². The molecule has 1 fully saturated rings. The van der Waals surface area contributed by atoms with E-state index in [0.29, 0.717) is 6.42 Å². The molecule has 0 aliphatic heterocycles. The summed E-state index contributed by atoms with van der Waals surface area (Å²) in [6, 6.07) is 0. The van der Waals surface area contributed by atoms with Crippen molar-refractivity contribution in [3.05, 3.63) is 11.8 Å². The first-order chi connectivity index (χ1) is 7.88. The first-order valence-electron chi connectivity index (χ1n) is 5.61. The maximum absolute atomic E-state index is 11.7. The summed E-state index contributed by atoms with van der Waals surface area (Å²) in [5.41, 5.74) is 0.0271. The highest BCUT2D eigenvalue weighted by Crippen LogP contribution is 2.51. The predicted molar refractivity (Wildman–Crippen MR) is 68.7 cm³/mol. The lowest BCUT2D eigenvalue weighted by molar-refractivity contribution is -0.135. The molecule has 0 aromatic heterocycles. The summed E-state index contributed by atoms with van der Waals surface area (Å²) in [6.45, 7) is 4.02. The molecule has 5 heteroatoms. The predicted octanol–water partition coefficient (Wildman–Crippen LogP) is 1.87. The van der Waals surface area contributed by atoms with Gasteiger partial charge in [0.25, 0.3) is 0 Å². The van der Waals surface area contributed by atoms with Gasteiger partial charge in [-0.15, -0.1) is 0 Å². The Balaban J connectivity index is 2.53. The number of carboxylic acids is 1. The zero-order valence-electron chi connectivity index (χ0n) is 10.4. The van der Waals surface area contributed by atoms with Crippen LogP contribution in [0.2, 0.25) is 0 Å². The minimum atomic E-state index is -1.07. The fourth-order valence-electron chi connectivity index (χ4n) is 1.65. The second kappa shape index (κ2) is 5.58. The molecule has 1 unspecified atom stereocenters. The quantitative estimate of drug-likeness (QED) is 0.563. The van der Waals surface area contributed by atoms with E-state index >= 15 is 0 Å². The number of allylic oxidation sites excluding steroid dienone is 1. The molecule has 1 saturated carbocycles. The van der Waals surface area contributed by atoms with Crippen molar-refractivity contribution in [2.24, 2.45) is 11.3 Å². The van der Waals surface area contributed by atoms with Crippen molar-refractivity contribution >= 4 is 23.6 Å². The van der Waals surface area contributed by atoms with Crippen LogP contribution in [-0.2, 0) is 9.59 Å². The molecule has 0 saturated heterocycles. The second-order valence-corrected chi connectivity index (χ2v) is 5.92. The van der Waals surface area contributed by atoms with Gasteiger partial charge in [-0.05, 0) is 30.3 Å². The van der Waals surface area contributed by atoms with Gasteiger partial charge in [-0.1, -0.05) is 19.9 Å². The van der Waals surface area contributed by atoms with Gasteiger partial charge >= 0.3 is 5.97 Å². The van der Waals surface area contributed by atoms with Gasteiger partial charge in [0.05, 0.1) is 0 Å². The third kappa shape index (κ3) is 4.07. The molecule has 0 radical (unpaired) electrons. The number of carbonyl (C=O) groups excluding carboxylic acids is 1. The summed E-state index contributed by atoms with van der Waals surface area (Å²) in [5, 5.41) is 11.5. The monoisotopic (exact) mass is 257 g/mol. The molecular weight excluding hydrogens is 238 g/mol. The topological polar surface area (TPSA) is 66.4 Å². The summed E-state index contributed by atoms with van der Waals surface area (Å²) < 4.78 is 0. The summed E-state index contributed by atoms with van der Waals surface area (Å²) in [5.74, 6) is -0.446. The Morgan fingerprint density at radius 1 is 1.53 bits per heavy atom. The minimum Gasteiger partial charge on any atom is -0.477 e. The lowest BCUT2D eigenvalue weighted by Gasteiger charge is -2.07. The van der Waals surface area contributed by atoms with Gasteiger partial charge in [-0.3, -0.25) is 4.79 Å². The largest absolute Gasteiger partial charge is 0.477 e. The van der Waals surface area contributed by atoms with Crippen molar-refractivity contribution < 1.29 is 14.7 Å². The van der Waals surface area contributed by atoms with Crippen molar-refractivity contribution in [1.82, 2.24) is 5.32 Å². The fourth-order valence-corrected chi connectivity index (χ4v) is 2.00. The van der Waals surface area contributed by atoms with Crippen LogP contribution < -0.4 is 5.32 Å². The van der Waals surface area contributed by atoms with Crippen LogP contribution in [0.25, 0.3) is 0 Å². The number of carboxylic acid groups (broad SMARTS) is 1. The Morgan fingerprint density at radius 2 is 2.12 bits per heavy atom. The van der Waals surface area contributed by atoms with Crippen LogP contribution in [0.15, 0.2) is 11.8 Å². The lowest BCUT2D eigenvalue weighted by Crippen LogP contribution is -2.29. The average molecular weight is 257 g/mol. The highest BCUT2D eigenvalue weighted by Gasteiger charge is 2.50. The van der Waals surface area contributed by atoms with Gasteiger partial charge in [0, 0.05) is 5.92 Å². The smallest absolute Gasteiger partial charge is 0.352 e. The zero-order chi connectivity index (χ0) is 13.1. The zero-order valence-corrected chi connectivity index (χ0v) is 11.3. The number of hydrogen-bond donors (Lipinski definition) is 2. The average Bonchev–Trinajstić information content (AvgIpc) is 2.86. The molecular formula is C12H19NO3S. The SMILES string of the molecule is CSCC/C=C(\NC(=O)C1CC1(C)C)C(=O)O. The molecule has 0 heterocycles. The van der Waals surface area contributed by atoms with E-state index in [1.807, 2.05) is 20.1 Å². The molecule has 96 valence electrons. The van der Waals surface area contributed by atoms with E-state index in [2.05, 4.69) is 5.32 Å². The van der Waals surface area contributed by atoms with E-state index in [4.69, 9.17) is 5.11 Å². The van der Waals surface area contributed by atoms with Crippen LogP contribution in [0, 0.1) is 11.3 Å². The molecule has 1 amide bonds. The molecule has 0 spiro atoms. The highest BCUT2D eigenvalue weighted by molar-refractivity contribution is 7.98. The van der Waals surface area contributed by atoms with Crippen LogP contribution in [-0.4, -0.2) is 29.0 Å². The third-order valence-electron chi connectivity index (χ3n) is 2.99. The van der Waals surface area contributed by atoms with Gasteiger partial charge in [0.15, 0.2) is 0 Å². The Morgan fingerprint density at radius 3 is 2.53 bits per heavy atom. The summed E-state index contributed by atoms with van der Waals surface area (Å²) in [7, 11) is 0. The van der Waals surface area contributed by atoms with Gasteiger partial charge in [0.2, 0.25) is 5.91 Å². The molecule has 2 N–H and O–H groups in total. The van der Waals surface area contributed by atoms with Crippen molar-refractivity contribution in [1.29, 1.82) is 0 Å². The summed E-state index contributed by atoms with van der Waals surface area (Å²) in [6.07, 6.45) is 5.01. The molecule has 1 atom stereocenters. The summed E-state index contributed by atoms with van der Waals surface area (Å²) >= 11 is 1.64. The number of rotatable bonds is 6. The van der Waals surface area contributed by atoms with Gasteiger partial charge in [-0.25, -0.2) is 4.79 Å². The van der Waals surface area contributed by atoms with Crippen molar-refractivity contribution in [2.75, 3.05) is 12.0 Å².